The summed E-state index contributed by atoms with van der Waals surface area (Å²) in [6.45, 7) is 0. The number of pyridine rings is 1. The Morgan fingerprint density at radius 3 is 2.71 bits per heavy atom. The predicted molar refractivity (Wildman–Crippen MR) is 54.7 cm³/mol. The van der Waals surface area contributed by atoms with Crippen LogP contribution in [0.1, 0.15) is 18.4 Å². The van der Waals surface area contributed by atoms with E-state index in [9.17, 15) is 0 Å². The van der Waals surface area contributed by atoms with Crippen molar-refractivity contribution in [2.24, 2.45) is 0 Å². The van der Waals surface area contributed by atoms with Crippen LogP contribution < -0.4 is 5.32 Å². The quantitative estimate of drug-likeness (QED) is 0.717. The van der Waals surface area contributed by atoms with Crippen LogP contribution >= 0.6 is 0 Å². The van der Waals surface area contributed by atoms with E-state index in [2.05, 4.69) is 22.5 Å². The minimum Gasteiger partial charge on any atom is -0.367 e. The van der Waals surface area contributed by atoms with Gasteiger partial charge in [0.05, 0.1) is 5.56 Å². The zero-order valence-corrected chi connectivity index (χ0v) is 7.77. The molecular weight excluding hydrogens is 174 g/mol. The van der Waals surface area contributed by atoms with Crippen molar-refractivity contribution in [1.29, 1.82) is 5.26 Å². The third-order valence-corrected chi connectivity index (χ3v) is 2.25. The first-order valence-corrected chi connectivity index (χ1v) is 4.66. The van der Waals surface area contributed by atoms with E-state index in [4.69, 9.17) is 5.26 Å². The minimum absolute atomic E-state index is 0.468. The molecule has 1 aliphatic carbocycles. The maximum absolute atomic E-state index is 8.59. The Bertz CT molecular complexity index is 365. The Labute approximate surface area is 83.1 Å². The molecule has 0 unspecified atom stereocenters. The molecule has 1 aromatic rings. The standard InChI is InChI=1S/C11H11N3/c12-7-9-5-6-11(13-8-9)14-10-3-1-2-4-10/h1-2,5-6,8,10H,3-4H2,(H,13,14). The largest absolute Gasteiger partial charge is 0.367 e. The summed E-state index contributed by atoms with van der Waals surface area (Å²) < 4.78 is 0. The maximum atomic E-state index is 8.59. The molecule has 2 rings (SSSR count). The van der Waals surface area contributed by atoms with Crippen LogP contribution in [-0.2, 0) is 0 Å². The van der Waals surface area contributed by atoms with Gasteiger partial charge in [0.15, 0.2) is 0 Å². The van der Waals surface area contributed by atoms with Gasteiger partial charge in [-0.3, -0.25) is 0 Å². The molecule has 1 N–H and O–H groups in total. The van der Waals surface area contributed by atoms with Gasteiger partial charge in [0.2, 0.25) is 0 Å². The molecule has 0 saturated carbocycles. The topological polar surface area (TPSA) is 48.7 Å². The molecule has 0 saturated heterocycles. The number of hydrogen-bond acceptors (Lipinski definition) is 3. The smallest absolute Gasteiger partial charge is 0.126 e. The lowest BCUT2D eigenvalue weighted by Crippen LogP contribution is -2.15. The van der Waals surface area contributed by atoms with Crippen LogP contribution in [0.25, 0.3) is 0 Å². The summed E-state index contributed by atoms with van der Waals surface area (Å²) in [6.07, 6.45) is 8.04. The highest BCUT2D eigenvalue weighted by atomic mass is 15.0. The molecule has 0 amide bonds. The van der Waals surface area contributed by atoms with Crippen LogP contribution in [0.5, 0.6) is 0 Å². The first-order chi connectivity index (χ1) is 6.88. The second-order valence-electron chi connectivity index (χ2n) is 3.33. The van der Waals surface area contributed by atoms with Crippen LogP contribution in [-0.4, -0.2) is 11.0 Å². The van der Waals surface area contributed by atoms with Gasteiger partial charge in [-0.25, -0.2) is 4.98 Å². The monoisotopic (exact) mass is 185 g/mol. The van der Waals surface area contributed by atoms with Crippen LogP contribution in [0.2, 0.25) is 0 Å². The van der Waals surface area contributed by atoms with Crippen molar-refractivity contribution in [1.82, 2.24) is 4.98 Å². The molecule has 3 heteroatoms. The van der Waals surface area contributed by atoms with E-state index in [1.165, 1.54) is 0 Å². The fourth-order valence-corrected chi connectivity index (χ4v) is 1.49. The molecule has 3 nitrogen and oxygen atoms in total. The second kappa shape index (κ2) is 3.93. The molecule has 14 heavy (non-hydrogen) atoms. The van der Waals surface area contributed by atoms with Crippen molar-refractivity contribution >= 4 is 5.82 Å². The highest BCUT2D eigenvalue weighted by Crippen LogP contribution is 2.15. The lowest BCUT2D eigenvalue weighted by Gasteiger charge is -2.11. The lowest BCUT2D eigenvalue weighted by atomic mass is 10.2. The van der Waals surface area contributed by atoms with Crippen LogP contribution in [0, 0.1) is 11.3 Å². The van der Waals surface area contributed by atoms with Crippen molar-refractivity contribution in [3.63, 3.8) is 0 Å². The highest BCUT2D eigenvalue weighted by Gasteiger charge is 2.09. The van der Waals surface area contributed by atoms with Crippen LogP contribution in [0.4, 0.5) is 5.82 Å². The van der Waals surface area contributed by atoms with Crippen molar-refractivity contribution in [2.75, 3.05) is 5.32 Å². The Hall–Kier alpha value is -1.82. The fraction of sp³-hybridized carbons (Fsp3) is 0.273. The third kappa shape index (κ3) is 1.91. The van der Waals surface area contributed by atoms with E-state index in [0.29, 0.717) is 11.6 Å². The number of nitrogens with one attached hydrogen (secondary N) is 1. The molecule has 0 radical (unpaired) electrons. The number of nitrogens with zero attached hydrogens (tertiary/aromatic N) is 2. The number of anilines is 1. The summed E-state index contributed by atoms with van der Waals surface area (Å²) in [5.41, 5.74) is 0.597. The zero-order valence-electron chi connectivity index (χ0n) is 7.77. The van der Waals surface area contributed by atoms with E-state index in [0.717, 1.165) is 18.7 Å². The molecule has 0 atom stereocenters. The lowest BCUT2D eigenvalue weighted by molar-refractivity contribution is 0.781. The van der Waals surface area contributed by atoms with Crippen molar-refractivity contribution in [3.8, 4) is 6.07 Å². The van der Waals surface area contributed by atoms with E-state index in [-0.39, 0.29) is 0 Å². The normalized spacial score (nSPS) is 15.4. The summed E-state index contributed by atoms with van der Waals surface area (Å²) in [7, 11) is 0. The van der Waals surface area contributed by atoms with Crippen LogP contribution in [0.15, 0.2) is 30.5 Å². The van der Waals surface area contributed by atoms with Gasteiger partial charge >= 0.3 is 0 Å². The van der Waals surface area contributed by atoms with E-state index >= 15 is 0 Å². The Kier molecular flexibility index (Phi) is 2.46. The van der Waals surface area contributed by atoms with Gasteiger partial charge < -0.3 is 5.32 Å². The van der Waals surface area contributed by atoms with E-state index < -0.39 is 0 Å². The Morgan fingerprint density at radius 2 is 2.14 bits per heavy atom. The molecular formula is C11H11N3. The molecule has 70 valence electrons. The molecule has 1 aliphatic rings. The van der Waals surface area contributed by atoms with Gasteiger partial charge in [0.1, 0.15) is 11.9 Å². The van der Waals surface area contributed by atoms with Gasteiger partial charge in [-0.2, -0.15) is 5.26 Å². The first kappa shape index (κ1) is 8.76. The summed E-state index contributed by atoms with van der Waals surface area (Å²) in [4.78, 5) is 4.15. The average Bonchev–Trinajstić information content (AvgIpc) is 2.72. The number of rotatable bonds is 2. The third-order valence-electron chi connectivity index (χ3n) is 2.25. The number of aromatic nitrogens is 1. The van der Waals surface area contributed by atoms with Crippen molar-refractivity contribution < 1.29 is 0 Å². The Morgan fingerprint density at radius 1 is 1.36 bits per heavy atom. The van der Waals surface area contributed by atoms with Crippen molar-refractivity contribution in [3.05, 3.63) is 36.0 Å². The predicted octanol–water partition coefficient (Wildman–Crippen LogP) is 2.08. The number of nitriles is 1. The molecule has 0 bridgehead atoms. The zero-order chi connectivity index (χ0) is 9.80. The molecule has 0 aliphatic heterocycles. The fourth-order valence-electron chi connectivity index (χ4n) is 1.49. The minimum atomic E-state index is 0.468. The molecule has 0 fully saturated rings. The summed E-state index contributed by atoms with van der Waals surface area (Å²) in [5, 5.41) is 11.9. The SMILES string of the molecule is N#Cc1ccc(NC2CC=CC2)nc1. The number of hydrogen-bond donors (Lipinski definition) is 1. The van der Waals surface area contributed by atoms with Gasteiger partial charge in [-0.15, -0.1) is 0 Å². The average molecular weight is 185 g/mol. The molecule has 1 aromatic heterocycles. The second-order valence-corrected chi connectivity index (χ2v) is 3.33. The van der Waals surface area contributed by atoms with E-state index in [1.807, 2.05) is 12.1 Å². The highest BCUT2D eigenvalue weighted by molar-refractivity contribution is 5.40. The van der Waals surface area contributed by atoms with Gasteiger partial charge in [-0.05, 0) is 25.0 Å². The summed E-state index contributed by atoms with van der Waals surface area (Å²) in [5.74, 6) is 0.845. The van der Waals surface area contributed by atoms with Gasteiger partial charge in [0.25, 0.3) is 0 Å². The molecule has 1 heterocycles. The van der Waals surface area contributed by atoms with Gasteiger partial charge in [-0.1, -0.05) is 12.2 Å². The Balaban J connectivity index is 2.00. The summed E-state index contributed by atoms with van der Waals surface area (Å²) in [6, 6.07) is 6.13. The molecule has 0 aromatic carbocycles. The first-order valence-electron chi connectivity index (χ1n) is 4.66. The van der Waals surface area contributed by atoms with Gasteiger partial charge in [0, 0.05) is 12.2 Å². The van der Waals surface area contributed by atoms with Crippen molar-refractivity contribution in [2.45, 2.75) is 18.9 Å². The maximum Gasteiger partial charge on any atom is 0.126 e. The van der Waals surface area contributed by atoms with Crippen LogP contribution in [0.3, 0.4) is 0 Å². The molecule has 0 spiro atoms. The summed E-state index contributed by atoms with van der Waals surface area (Å²) >= 11 is 0. The van der Waals surface area contributed by atoms with E-state index in [1.54, 1.807) is 12.3 Å².